The second-order valence-corrected chi connectivity index (χ2v) is 13.3. The number of hydrogen-bond donors (Lipinski definition) is 5. The summed E-state index contributed by atoms with van der Waals surface area (Å²) in [6.07, 6.45) is 4.97. The molecular weight excluding hydrogens is 632 g/mol. The Hall–Kier alpha value is -5.24. The van der Waals surface area contributed by atoms with E-state index in [2.05, 4.69) is 32.8 Å². The quantitative estimate of drug-likeness (QED) is 0.118. The number of hydrogen-bond acceptors (Lipinski definition) is 10. The van der Waals surface area contributed by atoms with Gasteiger partial charge in [0.25, 0.3) is 11.8 Å². The summed E-state index contributed by atoms with van der Waals surface area (Å²) in [6.45, 7) is 3.15. The fourth-order valence-corrected chi connectivity index (χ4v) is 6.35. The predicted molar refractivity (Wildman–Crippen MR) is 193 cm³/mol. The number of likely N-dealkylation sites (N-methyl/N-ethyl adjacent to an activating group) is 1. The number of carbonyl (C=O) groups excluding carboxylic acids is 3. The van der Waals surface area contributed by atoms with Crippen molar-refractivity contribution in [3.8, 4) is 11.1 Å². The molecule has 16 heteroatoms. The van der Waals surface area contributed by atoms with Gasteiger partial charge in [0.05, 0.1) is 56.7 Å². The maximum atomic E-state index is 12.6. The molecule has 1 atom stereocenters. The molecule has 0 bridgehead atoms. The lowest BCUT2D eigenvalue weighted by Crippen LogP contribution is -2.60. The van der Waals surface area contributed by atoms with Crippen molar-refractivity contribution in [2.75, 3.05) is 51.5 Å². The van der Waals surface area contributed by atoms with Crippen molar-refractivity contribution in [3.63, 3.8) is 0 Å². The van der Waals surface area contributed by atoms with E-state index in [4.69, 9.17) is 32.3 Å². The van der Waals surface area contributed by atoms with Gasteiger partial charge < -0.3 is 42.1 Å². The van der Waals surface area contributed by atoms with Crippen LogP contribution in [0.2, 0.25) is 0 Å². The molecule has 1 saturated carbocycles. The first-order chi connectivity index (χ1) is 23.7. The highest BCUT2D eigenvalue weighted by Crippen LogP contribution is 2.49. The van der Waals surface area contributed by atoms with Crippen LogP contribution in [0.3, 0.4) is 0 Å². The summed E-state index contributed by atoms with van der Waals surface area (Å²) in [4.78, 5) is 47.5. The first-order valence-corrected chi connectivity index (χ1v) is 16.4. The number of amides is 3. The molecule has 0 unspecified atom stereocenters. The molecule has 256 valence electrons. The van der Waals surface area contributed by atoms with E-state index in [9.17, 15) is 14.4 Å². The topological polar surface area (TPSA) is 180 Å². The molecule has 2 aliphatic heterocycles. The number of benzene rings is 1. The smallest absolute Gasteiger partial charge is 0.271 e. The van der Waals surface area contributed by atoms with E-state index >= 15 is 0 Å². The van der Waals surface area contributed by atoms with Crippen LogP contribution in [0.25, 0.3) is 11.1 Å². The minimum absolute atomic E-state index is 0.00336. The molecule has 1 saturated heterocycles. The molecule has 50 heavy (non-hydrogen) atoms. The molecule has 6 rings (SSSR count). The number of aromatic nitrogens is 3. The van der Waals surface area contributed by atoms with Crippen LogP contribution in [0.4, 0.5) is 11.4 Å². The summed E-state index contributed by atoms with van der Waals surface area (Å²) in [5, 5.41) is 12.0. The third-order valence-corrected chi connectivity index (χ3v) is 9.55. The fourth-order valence-electron chi connectivity index (χ4n) is 6.35. The molecule has 4 heterocycles. The molecule has 3 aliphatic rings. The van der Waals surface area contributed by atoms with E-state index in [0.29, 0.717) is 24.5 Å². The van der Waals surface area contributed by atoms with Crippen molar-refractivity contribution in [3.05, 3.63) is 83.0 Å². The summed E-state index contributed by atoms with van der Waals surface area (Å²) in [6, 6.07) is 10.8. The molecule has 3 aromatic rings. The van der Waals surface area contributed by atoms with E-state index in [1.165, 1.54) is 18.0 Å². The van der Waals surface area contributed by atoms with Gasteiger partial charge in [0.15, 0.2) is 0 Å². The Labute approximate surface area is 294 Å². The largest absolute Gasteiger partial charge is 0.393 e. The average Bonchev–Trinajstić information content (AvgIpc) is 3.84. The minimum atomic E-state index is -1.39. The van der Waals surface area contributed by atoms with Gasteiger partial charge in [0.1, 0.15) is 17.2 Å². The highest BCUT2D eigenvalue weighted by atomic mass is 16.2. The molecule has 3 amide bonds. The molecule has 0 spiro atoms. The van der Waals surface area contributed by atoms with Crippen LogP contribution in [0.1, 0.15) is 53.7 Å². The Morgan fingerprint density at radius 3 is 2.42 bits per heavy atom. The number of nitrogens with two attached hydrogens (primary N) is 2. The lowest BCUT2D eigenvalue weighted by Gasteiger charge is -2.50. The van der Waals surface area contributed by atoms with Gasteiger partial charge >= 0.3 is 0 Å². The van der Waals surface area contributed by atoms with Gasteiger partial charge in [-0.2, -0.15) is 5.10 Å². The number of anilines is 2. The Kier molecular flexibility index (Phi) is 9.16. The van der Waals surface area contributed by atoms with Gasteiger partial charge in [-0.05, 0) is 43.3 Å². The van der Waals surface area contributed by atoms with Crippen LogP contribution in [0.15, 0.2) is 65.9 Å². The summed E-state index contributed by atoms with van der Waals surface area (Å²) < 4.78 is 2.03. The normalized spacial score (nSPS) is 18.3. The molecule has 2 fully saturated rings. The third kappa shape index (κ3) is 6.30. The number of rotatable bonds is 10. The van der Waals surface area contributed by atoms with Gasteiger partial charge in [-0.25, -0.2) is 4.98 Å². The van der Waals surface area contributed by atoms with Gasteiger partial charge in [-0.15, -0.1) is 0 Å². The Morgan fingerprint density at radius 1 is 1.06 bits per heavy atom. The number of allylic oxidation sites excluding steroid dienone is 1. The summed E-state index contributed by atoms with van der Waals surface area (Å²) in [5.74, 6) is -0.864. The van der Waals surface area contributed by atoms with Crippen molar-refractivity contribution in [2.45, 2.75) is 37.2 Å². The number of carbonyl (C=O) groups is 3. The first-order valence-electron chi connectivity index (χ1n) is 16.4. The molecule has 4 radical (unpaired) electrons. The van der Waals surface area contributed by atoms with Gasteiger partial charge in [0, 0.05) is 70.1 Å². The SMILES string of the molecule is [B]C([B])(c1cccc(C(=O)N(C)C)n1)N1CC(n2ncc3c2[C@@H](C)N(C)c2c(NC(/C=C(\N)NC(=O)C4CC4)=C(/N)C(=O)NC)cccc2-3)C1. The number of fused-ring (bicyclic) bond motifs is 3. The zero-order valence-electron chi connectivity index (χ0n) is 28.9. The lowest BCUT2D eigenvalue weighted by atomic mass is 9.57. The number of likely N-dealkylation sites (tertiary alicyclic amines) is 1. The molecular formula is C34H41B2N11O3. The van der Waals surface area contributed by atoms with Gasteiger partial charge in [-0.3, -0.25) is 19.1 Å². The highest BCUT2D eigenvalue weighted by Gasteiger charge is 2.42. The Balaban J connectivity index is 1.26. The Bertz CT molecular complexity index is 1910. The number of para-hydroxylation sites is 1. The first kappa shape index (κ1) is 34.6. The number of nitrogens with zero attached hydrogens (tertiary/aromatic N) is 6. The maximum Gasteiger partial charge on any atom is 0.271 e. The zero-order valence-corrected chi connectivity index (χ0v) is 28.9. The second-order valence-electron chi connectivity index (χ2n) is 13.3. The van der Waals surface area contributed by atoms with Crippen molar-refractivity contribution in [2.24, 2.45) is 17.4 Å². The standard InChI is InChI=1S/C34H41B2N11O3/c1-18-29-22(15-40-47(29)20-16-46(17-20)34(35,36)26-11-7-10-24(42-26)33(50)44(3)4)21-8-6-9-23(30(21)45(18)5)41-25(28(38)32(49)39-2)14-27(37)43-31(48)19-12-13-19/h6-11,14-15,18-20,41H,12-13,16-17,37-38H2,1-5H3,(H,39,49)(H,43,48)/b27-14+,28-25+/t18-/m1/s1. The predicted octanol–water partition coefficient (Wildman–Crippen LogP) is 0.816. The number of pyridine rings is 1. The second kappa shape index (κ2) is 13.2. The van der Waals surface area contributed by atoms with Gasteiger partial charge in [-0.1, -0.05) is 18.2 Å². The van der Waals surface area contributed by atoms with Gasteiger partial charge in [0.2, 0.25) is 5.91 Å². The van der Waals surface area contributed by atoms with Crippen LogP contribution < -0.4 is 32.3 Å². The molecule has 1 aromatic carbocycles. The zero-order chi connectivity index (χ0) is 36.1. The minimum Gasteiger partial charge on any atom is -0.393 e. The molecule has 1 aliphatic carbocycles. The van der Waals surface area contributed by atoms with Crippen molar-refractivity contribution >= 4 is 44.8 Å². The van der Waals surface area contributed by atoms with Crippen molar-refractivity contribution < 1.29 is 14.4 Å². The number of nitrogens with one attached hydrogen (secondary N) is 3. The van der Waals surface area contributed by atoms with E-state index in [0.717, 1.165) is 35.3 Å². The fraction of sp³-hybridized carbons (Fsp3) is 0.382. The van der Waals surface area contributed by atoms with E-state index in [-0.39, 0.29) is 52.7 Å². The van der Waals surface area contributed by atoms with Crippen molar-refractivity contribution in [1.82, 2.24) is 35.2 Å². The Morgan fingerprint density at radius 2 is 1.76 bits per heavy atom. The highest BCUT2D eigenvalue weighted by molar-refractivity contribution is 6.39. The third-order valence-electron chi connectivity index (χ3n) is 9.55. The molecule has 2 aromatic heterocycles. The summed E-state index contributed by atoms with van der Waals surface area (Å²) in [5.41, 5.74) is 17.8. The van der Waals surface area contributed by atoms with E-state index < -0.39 is 11.2 Å². The molecule has 7 N–H and O–H groups in total. The maximum absolute atomic E-state index is 12.6. The summed E-state index contributed by atoms with van der Waals surface area (Å²) >= 11 is 0. The van der Waals surface area contributed by atoms with Crippen LogP contribution in [-0.2, 0) is 14.9 Å². The van der Waals surface area contributed by atoms with Crippen molar-refractivity contribution in [1.29, 1.82) is 0 Å². The van der Waals surface area contributed by atoms with Crippen LogP contribution in [0, 0.1) is 5.92 Å². The monoisotopic (exact) mass is 673 g/mol. The van der Waals surface area contributed by atoms with Crippen LogP contribution in [-0.4, -0.2) is 99.3 Å². The summed E-state index contributed by atoms with van der Waals surface area (Å²) in [7, 11) is 20.1. The lowest BCUT2D eigenvalue weighted by molar-refractivity contribution is -0.121. The molecule has 14 nitrogen and oxygen atoms in total. The average molecular weight is 673 g/mol. The van der Waals surface area contributed by atoms with Crippen LogP contribution in [0.5, 0.6) is 0 Å². The van der Waals surface area contributed by atoms with E-state index in [1.807, 2.05) is 41.0 Å². The van der Waals surface area contributed by atoms with Crippen LogP contribution >= 0.6 is 0 Å². The van der Waals surface area contributed by atoms with E-state index in [1.54, 1.807) is 32.3 Å².